The van der Waals surface area contributed by atoms with Crippen LogP contribution in [0.1, 0.15) is 121 Å². The Kier molecular flexibility index (Phi) is 18.7. The summed E-state index contributed by atoms with van der Waals surface area (Å²) >= 11 is 0. The van der Waals surface area contributed by atoms with Crippen molar-refractivity contribution in [3.63, 3.8) is 0 Å². The number of isocyanates is 1. The number of esters is 2. The molecule has 0 spiro atoms. The minimum Gasteiger partial charge on any atom is -0.458 e. The molecule has 2 fully saturated rings. The van der Waals surface area contributed by atoms with E-state index < -0.39 is 30.2 Å². The normalized spacial score (nSPS) is 23.6. The number of amides is 3. The summed E-state index contributed by atoms with van der Waals surface area (Å²) in [6, 6.07) is 5.30. The van der Waals surface area contributed by atoms with E-state index in [1.165, 1.54) is 24.3 Å². The maximum atomic E-state index is 12.7. The lowest BCUT2D eigenvalue weighted by Crippen LogP contribution is -2.50. The average Bonchev–Trinajstić information content (AvgIpc) is 3.14. The second kappa shape index (κ2) is 22.6. The van der Waals surface area contributed by atoms with Crippen molar-refractivity contribution in [3.05, 3.63) is 35.4 Å². The van der Waals surface area contributed by atoms with Crippen molar-refractivity contribution in [2.75, 3.05) is 59.8 Å². The van der Waals surface area contributed by atoms with E-state index >= 15 is 0 Å². The quantitative estimate of drug-likeness (QED) is 0.0411. The number of ether oxygens (including phenoxy) is 6. The van der Waals surface area contributed by atoms with Gasteiger partial charge in [0.2, 0.25) is 6.08 Å². The molecule has 5 unspecified atom stereocenters. The van der Waals surface area contributed by atoms with Gasteiger partial charge in [-0.05, 0) is 103 Å². The van der Waals surface area contributed by atoms with Gasteiger partial charge in [-0.1, -0.05) is 48.5 Å². The molecule has 2 aliphatic rings. The van der Waals surface area contributed by atoms with Crippen LogP contribution in [-0.4, -0.2) is 108 Å². The third kappa shape index (κ3) is 18.0. The summed E-state index contributed by atoms with van der Waals surface area (Å²) in [6.45, 7) is 15.7. The molecule has 3 amide bonds. The number of nitrogens with zero attached hydrogens (tertiary/aromatic N) is 1. The van der Waals surface area contributed by atoms with Crippen LogP contribution < -0.4 is 16.0 Å². The fourth-order valence-corrected chi connectivity index (χ4v) is 8.97. The SMILES string of the molecule is COCCC(C)CCOC(=O)NCC1(C)CC(NC(=O)OCCOC(=O)c2ccc(C(=O)OCCOC(=O)NC3CC(C)(C)CC(C)(CN=C=O)C3)cc2)CC(C)(C)C1. The first-order valence-corrected chi connectivity index (χ1v) is 20.5. The van der Waals surface area contributed by atoms with E-state index in [1.54, 1.807) is 13.2 Å². The van der Waals surface area contributed by atoms with Gasteiger partial charge in [0.1, 0.15) is 26.4 Å². The fraction of sp³-hybridized carbons (Fsp3) is 0.721. The van der Waals surface area contributed by atoms with Gasteiger partial charge >= 0.3 is 30.2 Å². The lowest BCUT2D eigenvalue weighted by atomic mass is 9.62. The van der Waals surface area contributed by atoms with Gasteiger partial charge in [0, 0.05) is 32.3 Å². The van der Waals surface area contributed by atoms with Crippen LogP contribution in [0.4, 0.5) is 14.4 Å². The van der Waals surface area contributed by atoms with E-state index in [-0.39, 0.29) is 71.3 Å². The topological polar surface area (TPSA) is 206 Å². The molecule has 1 aromatic rings. The summed E-state index contributed by atoms with van der Waals surface area (Å²) in [7, 11) is 1.67. The van der Waals surface area contributed by atoms with E-state index in [4.69, 9.17) is 28.4 Å². The number of nitrogens with one attached hydrogen (secondary N) is 3. The summed E-state index contributed by atoms with van der Waals surface area (Å²) in [5, 5.41) is 8.70. The molecule has 1 aromatic carbocycles. The minimum atomic E-state index is -0.664. The van der Waals surface area contributed by atoms with Crippen molar-refractivity contribution in [1.82, 2.24) is 16.0 Å². The van der Waals surface area contributed by atoms with Crippen LogP contribution in [0.15, 0.2) is 29.3 Å². The molecule has 0 aliphatic heterocycles. The van der Waals surface area contributed by atoms with Crippen LogP contribution in [0.5, 0.6) is 0 Å². The average molecular weight is 831 g/mol. The second-order valence-corrected chi connectivity index (χ2v) is 18.5. The molecule has 59 heavy (non-hydrogen) atoms. The molecule has 3 rings (SSSR count). The summed E-state index contributed by atoms with van der Waals surface area (Å²) in [6.07, 6.45) is 5.97. The van der Waals surface area contributed by atoms with Crippen molar-refractivity contribution in [1.29, 1.82) is 0 Å². The molecule has 16 heteroatoms. The van der Waals surface area contributed by atoms with E-state index in [1.807, 2.05) is 6.92 Å². The van der Waals surface area contributed by atoms with Crippen molar-refractivity contribution < 1.29 is 57.2 Å². The first-order chi connectivity index (χ1) is 27.7. The molecule has 0 bridgehead atoms. The number of benzene rings is 1. The summed E-state index contributed by atoms with van der Waals surface area (Å²) in [4.78, 5) is 77.1. The van der Waals surface area contributed by atoms with E-state index in [2.05, 4.69) is 62.5 Å². The third-order valence-electron chi connectivity index (χ3n) is 10.8. The zero-order valence-corrected chi connectivity index (χ0v) is 36.2. The van der Waals surface area contributed by atoms with E-state index in [0.717, 1.165) is 38.5 Å². The lowest BCUT2D eigenvalue weighted by Gasteiger charge is -2.46. The molecular formula is C43H66N4O12. The molecule has 2 saturated carbocycles. The smallest absolute Gasteiger partial charge is 0.407 e. The van der Waals surface area contributed by atoms with Crippen LogP contribution in [0, 0.1) is 27.6 Å². The zero-order chi connectivity index (χ0) is 43.7. The number of alkyl carbamates (subject to hydrolysis) is 3. The molecule has 3 N–H and O–H groups in total. The first-order valence-electron chi connectivity index (χ1n) is 20.5. The number of carbonyl (C=O) groups excluding carboxylic acids is 6. The van der Waals surface area contributed by atoms with Gasteiger partial charge in [0.05, 0.1) is 24.3 Å². The second-order valence-electron chi connectivity index (χ2n) is 18.5. The minimum absolute atomic E-state index is 0.0703. The molecule has 16 nitrogen and oxygen atoms in total. The highest BCUT2D eigenvalue weighted by molar-refractivity contribution is 5.93. The number of aliphatic imine (C=N–C) groups is 1. The maximum Gasteiger partial charge on any atom is 0.407 e. The molecule has 2 aliphatic carbocycles. The third-order valence-corrected chi connectivity index (χ3v) is 10.8. The van der Waals surface area contributed by atoms with Gasteiger partial charge in [-0.15, -0.1) is 0 Å². The first kappa shape index (κ1) is 48.7. The van der Waals surface area contributed by atoms with Crippen LogP contribution in [-0.2, 0) is 33.2 Å². The zero-order valence-electron chi connectivity index (χ0n) is 36.2. The number of hydrogen-bond donors (Lipinski definition) is 3. The molecule has 0 saturated heterocycles. The van der Waals surface area contributed by atoms with Gasteiger partial charge < -0.3 is 44.4 Å². The molecule has 0 heterocycles. The van der Waals surface area contributed by atoms with Crippen molar-refractivity contribution in [2.24, 2.45) is 32.6 Å². The Bertz CT molecular complexity index is 1610. The monoisotopic (exact) mass is 830 g/mol. The summed E-state index contributed by atoms with van der Waals surface area (Å²) in [5.74, 6) is -0.941. The van der Waals surface area contributed by atoms with Crippen LogP contribution >= 0.6 is 0 Å². The Morgan fingerprint density at radius 1 is 0.661 bits per heavy atom. The molecule has 5 atom stereocenters. The van der Waals surface area contributed by atoms with Crippen LogP contribution in [0.3, 0.4) is 0 Å². The Balaban J connectivity index is 1.32. The van der Waals surface area contributed by atoms with E-state index in [9.17, 15) is 28.8 Å². The molecular weight excluding hydrogens is 764 g/mol. The molecule has 330 valence electrons. The Labute approximate surface area is 348 Å². The lowest BCUT2D eigenvalue weighted by molar-refractivity contribution is 0.0366. The van der Waals surface area contributed by atoms with Crippen molar-refractivity contribution in [3.8, 4) is 0 Å². The number of hydrogen-bond acceptors (Lipinski definition) is 13. The van der Waals surface area contributed by atoms with Crippen molar-refractivity contribution in [2.45, 2.75) is 112 Å². The Morgan fingerprint density at radius 3 is 1.59 bits per heavy atom. The predicted octanol–water partition coefficient (Wildman–Crippen LogP) is 6.75. The van der Waals surface area contributed by atoms with Crippen LogP contribution in [0.25, 0.3) is 0 Å². The van der Waals surface area contributed by atoms with Gasteiger partial charge in [0.15, 0.2) is 0 Å². The number of carbonyl (C=O) groups is 5. The summed E-state index contributed by atoms with van der Waals surface area (Å²) in [5.41, 5.74) is -0.347. The molecule has 0 radical (unpaired) electrons. The van der Waals surface area contributed by atoms with E-state index in [0.29, 0.717) is 45.1 Å². The van der Waals surface area contributed by atoms with Gasteiger partial charge in [-0.3, -0.25) is 0 Å². The van der Waals surface area contributed by atoms with Gasteiger partial charge in [-0.25, -0.2) is 33.8 Å². The highest BCUT2D eigenvalue weighted by atomic mass is 16.6. The maximum absolute atomic E-state index is 12.7. The van der Waals surface area contributed by atoms with Gasteiger partial charge in [-0.2, -0.15) is 0 Å². The van der Waals surface area contributed by atoms with Crippen molar-refractivity contribution >= 4 is 36.3 Å². The number of rotatable bonds is 20. The standard InChI is InChI=1S/C43H66N4O12/c1-30(13-15-54-8)14-16-57-37(51)45-28-43(7)24-34(22-41(4,5)26-43)47-39(53)59-20-18-56-36(50)32-11-9-31(10-12-32)35(49)55-17-19-58-38(52)46-33-21-40(2,3)25-42(6,23-33)27-44-29-48/h9-12,30,33-34H,13-28H2,1-8H3,(H,45,51)(H,46,52)(H,47,53). The highest BCUT2D eigenvalue weighted by Crippen LogP contribution is 2.47. The van der Waals surface area contributed by atoms with Crippen LogP contribution in [0.2, 0.25) is 0 Å². The highest BCUT2D eigenvalue weighted by Gasteiger charge is 2.43. The summed E-state index contributed by atoms with van der Waals surface area (Å²) < 4.78 is 31.5. The number of methoxy groups -OCH3 is 1. The largest absolute Gasteiger partial charge is 0.458 e. The fourth-order valence-electron chi connectivity index (χ4n) is 8.97. The predicted molar refractivity (Wildman–Crippen MR) is 218 cm³/mol. The Hall–Kier alpha value is -4.69. The molecule has 0 aromatic heterocycles. The van der Waals surface area contributed by atoms with Gasteiger partial charge in [0.25, 0.3) is 0 Å². The Morgan fingerprint density at radius 2 is 1.10 bits per heavy atom.